The Kier molecular flexibility index (Phi) is 7.43. The van der Waals surface area contributed by atoms with Crippen molar-refractivity contribution in [1.82, 2.24) is 0 Å². The number of halogens is 3. The number of rotatable bonds is 8. The van der Waals surface area contributed by atoms with Crippen molar-refractivity contribution < 1.29 is 31.5 Å². The Morgan fingerprint density at radius 1 is 1.17 bits per heavy atom. The van der Waals surface area contributed by atoms with E-state index in [9.17, 15) is 22.0 Å². The van der Waals surface area contributed by atoms with Gasteiger partial charge >= 0.3 is 5.76 Å². The minimum Gasteiger partial charge on any atom is -0.493 e. The fraction of sp³-hybridized carbons (Fsp3) is 0.316. The molecule has 29 heavy (non-hydrogen) atoms. The molecule has 0 spiro atoms. The van der Waals surface area contributed by atoms with Gasteiger partial charge < -0.3 is 14.8 Å². The van der Waals surface area contributed by atoms with E-state index in [0.717, 1.165) is 12.1 Å². The van der Waals surface area contributed by atoms with Crippen LogP contribution in [0.15, 0.2) is 41.3 Å². The highest BCUT2D eigenvalue weighted by atomic mass is 35.5. The summed E-state index contributed by atoms with van der Waals surface area (Å²) in [6.45, 7) is 4.36. The van der Waals surface area contributed by atoms with Crippen molar-refractivity contribution in [3.05, 3.63) is 47.0 Å². The van der Waals surface area contributed by atoms with Crippen molar-refractivity contribution >= 4 is 33.0 Å². The van der Waals surface area contributed by atoms with E-state index in [1.165, 1.54) is 31.4 Å². The molecule has 0 atom stereocenters. The van der Waals surface area contributed by atoms with E-state index in [1.54, 1.807) is 0 Å². The Labute approximate surface area is 172 Å². The molecule has 1 N–H and O–H groups in total. The standard InChI is InChI=1S/C19H20ClF2NO5S/c1-11(2)10-28-17-15(20)8-12(9-16(17)27-3)18(24)23-13-4-6-14(7-5-13)29(25,26)19(21)22/h4-9,11,19H,10H2,1-3H3,(H,23,24). The average molecular weight is 448 g/mol. The molecule has 10 heteroatoms. The number of amides is 1. The monoisotopic (exact) mass is 447 g/mol. The van der Waals surface area contributed by atoms with E-state index in [-0.39, 0.29) is 27.9 Å². The van der Waals surface area contributed by atoms with Crippen LogP contribution in [0.4, 0.5) is 14.5 Å². The van der Waals surface area contributed by atoms with Crippen molar-refractivity contribution in [2.24, 2.45) is 5.92 Å². The summed E-state index contributed by atoms with van der Waals surface area (Å²) in [5.74, 6) is -3.21. The van der Waals surface area contributed by atoms with Gasteiger partial charge in [0.05, 0.1) is 23.6 Å². The quantitative estimate of drug-likeness (QED) is 0.638. The number of benzene rings is 2. The highest BCUT2D eigenvalue weighted by molar-refractivity contribution is 7.91. The molecule has 158 valence electrons. The van der Waals surface area contributed by atoms with E-state index < -0.39 is 26.4 Å². The summed E-state index contributed by atoms with van der Waals surface area (Å²) >= 11 is 6.22. The number of ether oxygens (including phenoxy) is 2. The molecule has 2 rings (SSSR count). The summed E-state index contributed by atoms with van der Waals surface area (Å²) in [5, 5.41) is 2.73. The molecule has 0 bridgehead atoms. The zero-order valence-electron chi connectivity index (χ0n) is 15.9. The number of anilines is 1. The third-order valence-electron chi connectivity index (χ3n) is 3.73. The molecule has 2 aromatic carbocycles. The molecule has 0 saturated heterocycles. The molecule has 1 amide bonds. The number of hydrogen-bond acceptors (Lipinski definition) is 5. The van der Waals surface area contributed by atoms with Gasteiger partial charge in [-0.2, -0.15) is 8.78 Å². The average Bonchev–Trinajstić information content (AvgIpc) is 2.66. The van der Waals surface area contributed by atoms with Gasteiger partial charge in [0.2, 0.25) is 9.84 Å². The predicted octanol–water partition coefficient (Wildman–Crippen LogP) is 4.63. The van der Waals surface area contributed by atoms with Crippen molar-refractivity contribution in [3.63, 3.8) is 0 Å². The third-order valence-corrected chi connectivity index (χ3v) is 5.41. The Morgan fingerprint density at radius 2 is 1.79 bits per heavy atom. The first-order chi connectivity index (χ1) is 13.6. The van der Waals surface area contributed by atoms with Gasteiger partial charge in [-0.3, -0.25) is 4.79 Å². The van der Waals surface area contributed by atoms with E-state index in [4.69, 9.17) is 21.1 Å². The second-order valence-corrected chi connectivity index (χ2v) is 8.80. The Bertz CT molecular complexity index is 979. The fourth-order valence-corrected chi connectivity index (χ4v) is 3.26. The van der Waals surface area contributed by atoms with Gasteiger partial charge in [-0.05, 0) is 42.3 Å². The maximum Gasteiger partial charge on any atom is 0.341 e. The summed E-state index contributed by atoms with van der Waals surface area (Å²) in [6.07, 6.45) is 0. The summed E-state index contributed by atoms with van der Waals surface area (Å²) in [7, 11) is -3.28. The molecule has 0 aliphatic heterocycles. The molecule has 0 saturated carbocycles. The van der Waals surface area contributed by atoms with Gasteiger partial charge in [0, 0.05) is 11.3 Å². The molecule has 0 aromatic heterocycles. The molecule has 0 fully saturated rings. The van der Waals surface area contributed by atoms with E-state index in [2.05, 4.69) is 5.32 Å². The van der Waals surface area contributed by atoms with Crippen LogP contribution in [0.5, 0.6) is 11.5 Å². The highest BCUT2D eigenvalue weighted by Gasteiger charge is 2.26. The molecule has 2 aromatic rings. The zero-order valence-corrected chi connectivity index (χ0v) is 17.5. The zero-order chi connectivity index (χ0) is 21.8. The minimum atomic E-state index is -4.70. The van der Waals surface area contributed by atoms with Gasteiger partial charge in [0.25, 0.3) is 5.91 Å². The van der Waals surface area contributed by atoms with Crippen molar-refractivity contribution in [3.8, 4) is 11.5 Å². The maximum absolute atomic E-state index is 12.6. The van der Waals surface area contributed by atoms with Crippen molar-refractivity contribution in [2.75, 3.05) is 19.0 Å². The van der Waals surface area contributed by atoms with Gasteiger partial charge in [-0.15, -0.1) is 0 Å². The van der Waals surface area contributed by atoms with Gasteiger partial charge in [-0.1, -0.05) is 25.4 Å². The Morgan fingerprint density at radius 3 is 2.31 bits per heavy atom. The van der Waals surface area contributed by atoms with Crippen LogP contribution in [-0.4, -0.2) is 33.8 Å². The molecule has 0 aliphatic carbocycles. The molecule has 0 aliphatic rings. The summed E-state index contributed by atoms with van der Waals surface area (Å²) < 4.78 is 58.9. The lowest BCUT2D eigenvalue weighted by Crippen LogP contribution is -2.14. The topological polar surface area (TPSA) is 81.7 Å². The van der Waals surface area contributed by atoms with E-state index >= 15 is 0 Å². The van der Waals surface area contributed by atoms with Gasteiger partial charge in [0.1, 0.15) is 0 Å². The normalized spacial score (nSPS) is 11.6. The lowest BCUT2D eigenvalue weighted by atomic mass is 10.1. The van der Waals surface area contributed by atoms with Crippen LogP contribution < -0.4 is 14.8 Å². The smallest absolute Gasteiger partial charge is 0.341 e. The maximum atomic E-state index is 12.6. The largest absolute Gasteiger partial charge is 0.493 e. The first-order valence-corrected chi connectivity index (χ1v) is 10.4. The van der Waals surface area contributed by atoms with Crippen molar-refractivity contribution in [1.29, 1.82) is 0 Å². The van der Waals surface area contributed by atoms with Crippen LogP contribution >= 0.6 is 11.6 Å². The molecular weight excluding hydrogens is 428 g/mol. The Hall–Kier alpha value is -2.39. The predicted molar refractivity (Wildman–Crippen MR) is 106 cm³/mol. The minimum absolute atomic E-state index is 0.174. The lowest BCUT2D eigenvalue weighted by Gasteiger charge is -2.15. The van der Waals surface area contributed by atoms with E-state index in [1.807, 2.05) is 13.8 Å². The molecule has 0 radical (unpaired) electrons. The van der Waals surface area contributed by atoms with Crippen LogP contribution in [0.3, 0.4) is 0 Å². The molecule has 0 heterocycles. The number of methoxy groups -OCH3 is 1. The van der Waals surface area contributed by atoms with E-state index in [0.29, 0.717) is 12.4 Å². The number of sulfone groups is 1. The second kappa shape index (κ2) is 9.41. The van der Waals surface area contributed by atoms with Crippen molar-refractivity contribution in [2.45, 2.75) is 24.5 Å². The lowest BCUT2D eigenvalue weighted by molar-refractivity contribution is 0.102. The molecular formula is C19H20ClF2NO5S. The number of carbonyl (C=O) groups excluding carboxylic acids is 1. The molecule has 6 nitrogen and oxygen atoms in total. The second-order valence-electron chi connectivity index (χ2n) is 6.48. The SMILES string of the molecule is COc1cc(C(=O)Nc2ccc(S(=O)(=O)C(F)F)cc2)cc(Cl)c1OCC(C)C. The summed E-state index contributed by atoms with van der Waals surface area (Å²) in [4.78, 5) is 12.0. The van der Waals surface area contributed by atoms with Crippen LogP contribution in [0.25, 0.3) is 0 Å². The van der Waals surface area contributed by atoms with Crippen LogP contribution in [0, 0.1) is 5.92 Å². The number of alkyl halides is 2. The van der Waals surface area contributed by atoms with Crippen LogP contribution in [-0.2, 0) is 9.84 Å². The first-order valence-electron chi connectivity index (χ1n) is 8.50. The first kappa shape index (κ1) is 22.9. The molecule has 0 unspecified atom stereocenters. The number of carbonyl (C=O) groups is 1. The summed E-state index contributed by atoms with van der Waals surface area (Å²) in [5.41, 5.74) is 0.395. The highest BCUT2D eigenvalue weighted by Crippen LogP contribution is 2.37. The van der Waals surface area contributed by atoms with Crippen LogP contribution in [0.2, 0.25) is 5.02 Å². The van der Waals surface area contributed by atoms with Crippen LogP contribution in [0.1, 0.15) is 24.2 Å². The van der Waals surface area contributed by atoms with Gasteiger partial charge in [0.15, 0.2) is 11.5 Å². The Balaban J connectivity index is 2.21. The summed E-state index contributed by atoms with van der Waals surface area (Å²) in [6, 6.07) is 7.27. The third kappa shape index (κ3) is 5.57. The van der Waals surface area contributed by atoms with Gasteiger partial charge in [-0.25, -0.2) is 8.42 Å². The fourth-order valence-electron chi connectivity index (χ4n) is 2.28. The number of nitrogens with one attached hydrogen (secondary N) is 1. The number of hydrogen-bond donors (Lipinski definition) is 1.